The minimum Gasteiger partial charge on any atom is -0.445 e. The summed E-state index contributed by atoms with van der Waals surface area (Å²) in [5.41, 5.74) is 1.02. The highest BCUT2D eigenvalue weighted by molar-refractivity contribution is 5.68. The van der Waals surface area contributed by atoms with Gasteiger partial charge in [0.2, 0.25) is 0 Å². The second kappa shape index (κ2) is 7.13. The van der Waals surface area contributed by atoms with Crippen LogP contribution in [0, 0.1) is 5.92 Å². The van der Waals surface area contributed by atoms with Crippen LogP contribution in [0.25, 0.3) is 0 Å². The molecule has 0 N–H and O–H groups in total. The minimum atomic E-state index is -0.198. The number of ether oxygens (including phenoxy) is 1. The number of carbonyl (C=O) groups excluding carboxylic acids is 1. The molecule has 108 valence electrons. The van der Waals surface area contributed by atoms with Crippen molar-refractivity contribution in [2.75, 3.05) is 6.54 Å². The standard InChI is InChI=1S/C17H23NO2/c1-14(2)16-11-7-4-8-12-18(16)17(19)20-13-15-9-5-3-6-10-15/h3-7,9-10,14,16H,8,11-13H2,1-2H3. The Bertz CT molecular complexity index is 453. The van der Waals surface area contributed by atoms with Crippen molar-refractivity contribution in [3.8, 4) is 0 Å². The molecule has 0 spiro atoms. The second-order valence-corrected chi connectivity index (χ2v) is 5.54. The molecule has 0 fully saturated rings. The fourth-order valence-electron chi connectivity index (χ4n) is 2.52. The first-order valence-electron chi connectivity index (χ1n) is 7.31. The lowest BCUT2D eigenvalue weighted by atomic mass is 10.00. The molecule has 0 saturated carbocycles. The van der Waals surface area contributed by atoms with Crippen molar-refractivity contribution in [2.24, 2.45) is 5.92 Å². The van der Waals surface area contributed by atoms with Gasteiger partial charge in [-0.15, -0.1) is 0 Å². The van der Waals surface area contributed by atoms with E-state index in [9.17, 15) is 4.79 Å². The van der Waals surface area contributed by atoms with E-state index in [0.29, 0.717) is 12.5 Å². The van der Waals surface area contributed by atoms with Crippen LogP contribution in [0.3, 0.4) is 0 Å². The molecule has 3 heteroatoms. The summed E-state index contributed by atoms with van der Waals surface area (Å²) in [6.45, 7) is 5.39. The van der Waals surface area contributed by atoms with Crippen LogP contribution in [-0.2, 0) is 11.3 Å². The number of rotatable bonds is 3. The molecule has 1 aliphatic heterocycles. The molecule has 0 saturated heterocycles. The molecule has 3 nitrogen and oxygen atoms in total. The van der Waals surface area contributed by atoms with Crippen LogP contribution in [0.1, 0.15) is 32.3 Å². The van der Waals surface area contributed by atoms with Crippen molar-refractivity contribution in [2.45, 2.75) is 39.3 Å². The SMILES string of the molecule is CC(C)C1CC=CCCN1C(=O)OCc1ccccc1. The summed E-state index contributed by atoms with van der Waals surface area (Å²) in [5.74, 6) is 0.432. The predicted molar refractivity (Wildman–Crippen MR) is 80.3 cm³/mol. The largest absolute Gasteiger partial charge is 0.445 e. The summed E-state index contributed by atoms with van der Waals surface area (Å²) < 4.78 is 5.46. The van der Waals surface area contributed by atoms with Gasteiger partial charge in [-0.05, 0) is 24.3 Å². The van der Waals surface area contributed by atoms with Gasteiger partial charge < -0.3 is 9.64 Å². The van der Waals surface area contributed by atoms with Crippen molar-refractivity contribution in [1.82, 2.24) is 4.90 Å². The van der Waals surface area contributed by atoms with Crippen LogP contribution in [0.5, 0.6) is 0 Å². The van der Waals surface area contributed by atoms with Crippen LogP contribution < -0.4 is 0 Å². The van der Waals surface area contributed by atoms with Crippen molar-refractivity contribution in [3.05, 3.63) is 48.0 Å². The van der Waals surface area contributed by atoms with Gasteiger partial charge in [0, 0.05) is 12.6 Å². The Morgan fingerprint density at radius 3 is 2.75 bits per heavy atom. The lowest BCUT2D eigenvalue weighted by Gasteiger charge is -2.31. The van der Waals surface area contributed by atoms with Crippen molar-refractivity contribution >= 4 is 6.09 Å². The molecule has 1 amide bonds. The van der Waals surface area contributed by atoms with Gasteiger partial charge in [0.15, 0.2) is 0 Å². The van der Waals surface area contributed by atoms with E-state index in [1.807, 2.05) is 35.2 Å². The Kier molecular flexibility index (Phi) is 5.22. The maximum Gasteiger partial charge on any atom is 0.410 e. The summed E-state index contributed by atoms with van der Waals surface area (Å²) in [7, 11) is 0. The van der Waals surface area contributed by atoms with Crippen LogP contribution in [0.15, 0.2) is 42.5 Å². The van der Waals surface area contributed by atoms with E-state index in [-0.39, 0.29) is 12.1 Å². The van der Waals surface area contributed by atoms with Gasteiger partial charge in [-0.1, -0.05) is 56.3 Å². The van der Waals surface area contributed by atoms with E-state index in [0.717, 1.165) is 24.9 Å². The zero-order chi connectivity index (χ0) is 14.4. The summed E-state index contributed by atoms with van der Waals surface area (Å²) in [6, 6.07) is 10.0. The van der Waals surface area contributed by atoms with E-state index >= 15 is 0 Å². The van der Waals surface area contributed by atoms with E-state index < -0.39 is 0 Å². The van der Waals surface area contributed by atoms with E-state index in [1.165, 1.54) is 0 Å². The minimum absolute atomic E-state index is 0.198. The number of hydrogen-bond acceptors (Lipinski definition) is 2. The Morgan fingerprint density at radius 2 is 2.05 bits per heavy atom. The Balaban J connectivity index is 1.96. The number of benzene rings is 1. The van der Waals surface area contributed by atoms with E-state index in [1.54, 1.807) is 0 Å². The maximum atomic E-state index is 12.3. The zero-order valence-corrected chi connectivity index (χ0v) is 12.3. The Labute approximate surface area is 121 Å². The van der Waals surface area contributed by atoms with E-state index in [4.69, 9.17) is 4.74 Å². The summed E-state index contributed by atoms with van der Waals surface area (Å²) >= 11 is 0. The highest BCUT2D eigenvalue weighted by Gasteiger charge is 2.27. The third-order valence-electron chi connectivity index (χ3n) is 3.69. The van der Waals surface area contributed by atoms with Crippen LogP contribution >= 0.6 is 0 Å². The molecular weight excluding hydrogens is 250 g/mol. The predicted octanol–water partition coefficient (Wildman–Crippen LogP) is 4.00. The average molecular weight is 273 g/mol. The quantitative estimate of drug-likeness (QED) is 0.779. The van der Waals surface area contributed by atoms with Crippen LogP contribution in [0.4, 0.5) is 4.79 Å². The fraction of sp³-hybridized carbons (Fsp3) is 0.471. The molecule has 1 unspecified atom stereocenters. The molecule has 1 aromatic carbocycles. The average Bonchev–Trinajstić information content (AvgIpc) is 2.71. The number of nitrogens with zero attached hydrogens (tertiary/aromatic N) is 1. The zero-order valence-electron chi connectivity index (χ0n) is 12.3. The lowest BCUT2D eigenvalue weighted by molar-refractivity contribution is 0.0728. The first-order valence-corrected chi connectivity index (χ1v) is 7.31. The third-order valence-corrected chi connectivity index (χ3v) is 3.69. The third kappa shape index (κ3) is 3.86. The van der Waals surface area contributed by atoms with Gasteiger partial charge in [0.05, 0.1) is 0 Å². The summed E-state index contributed by atoms with van der Waals surface area (Å²) in [5, 5.41) is 0. The van der Waals surface area contributed by atoms with Crippen molar-refractivity contribution in [3.63, 3.8) is 0 Å². The molecule has 1 aromatic rings. The first kappa shape index (κ1) is 14.6. The highest BCUT2D eigenvalue weighted by atomic mass is 16.6. The maximum absolute atomic E-state index is 12.3. The van der Waals surface area contributed by atoms with Gasteiger partial charge >= 0.3 is 6.09 Å². The summed E-state index contributed by atoms with van der Waals surface area (Å²) in [6.07, 6.45) is 5.95. The van der Waals surface area contributed by atoms with Gasteiger partial charge in [0.25, 0.3) is 0 Å². The molecule has 1 atom stereocenters. The van der Waals surface area contributed by atoms with Gasteiger partial charge in [-0.2, -0.15) is 0 Å². The van der Waals surface area contributed by atoms with Crippen molar-refractivity contribution < 1.29 is 9.53 Å². The molecule has 0 aromatic heterocycles. The molecule has 0 aliphatic carbocycles. The monoisotopic (exact) mass is 273 g/mol. The molecule has 2 rings (SSSR count). The van der Waals surface area contributed by atoms with Crippen molar-refractivity contribution in [1.29, 1.82) is 0 Å². The Morgan fingerprint density at radius 1 is 1.30 bits per heavy atom. The smallest absolute Gasteiger partial charge is 0.410 e. The molecule has 0 radical (unpaired) electrons. The molecule has 1 heterocycles. The van der Waals surface area contributed by atoms with Crippen LogP contribution in [0.2, 0.25) is 0 Å². The fourth-order valence-corrected chi connectivity index (χ4v) is 2.52. The highest BCUT2D eigenvalue weighted by Crippen LogP contribution is 2.20. The lowest BCUT2D eigenvalue weighted by Crippen LogP contribution is -2.43. The Hall–Kier alpha value is -1.77. The van der Waals surface area contributed by atoms with Crippen LogP contribution in [-0.4, -0.2) is 23.6 Å². The molecular formula is C17H23NO2. The molecule has 0 bridgehead atoms. The van der Waals surface area contributed by atoms with Gasteiger partial charge in [-0.3, -0.25) is 0 Å². The summed E-state index contributed by atoms with van der Waals surface area (Å²) in [4.78, 5) is 14.2. The molecule has 1 aliphatic rings. The second-order valence-electron chi connectivity index (χ2n) is 5.54. The first-order chi connectivity index (χ1) is 9.68. The van der Waals surface area contributed by atoms with Gasteiger partial charge in [-0.25, -0.2) is 4.79 Å². The van der Waals surface area contributed by atoms with Gasteiger partial charge in [0.1, 0.15) is 6.61 Å². The number of carbonyl (C=O) groups is 1. The topological polar surface area (TPSA) is 29.5 Å². The number of hydrogen-bond donors (Lipinski definition) is 0. The van der Waals surface area contributed by atoms with E-state index in [2.05, 4.69) is 26.0 Å². The normalized spacial score (nSPS) is 18.9. The number of amides is 1. The molecule has 20 heavy (non-hydrogen) atoms.